The first-order valence-electron chi connectivity index (χ1n) is 8.68. The summed E-state index contributed by atoms with van der Waals surface area (Å²) in [7, 11) is 1.64. The lowest BCUT2D eigenvalue weighted by Crippen LogP contribution is -2.33. The third kappa shape index (κ3) is 5.99. The summed E-state index contributed by atoms with van der Waals surface area (Å²) in [5.74, 6) is -0.307. The Hall–Kier alpha value is -1.63. The lowest BCUT2D eigenvalue weighted by Gasteiger charge is -2.16. The maximum absolute atomic E-state index is 12.0. The predicted molar refractivity (Wildman–Crippen MR) is 92.3 cm³/mol. The van der Waals surface area contributed by atoms with Crippen LogP contribution in [0.4, 0.5) is 0 Å². The molecule has 140 valence electrons. The molecule has 1 aliphatic rings. The van der Waals surface area contributed by atoms with Crippen molar-refractivity contribution in [3.05, 3.63) is 29.8 Å². The van der Waals surface area contributed by atoms with Crippen LogP contribution in [0.2, 0.25) is 0 Å². The van der Waals surface area contributed by atoms with Gasteiger partial charge >= 0.3 is 5.97 Å². The molecular formula is C19H28O6. The molecule has 6 heteroatoms. The molecule has 1 saturated heterocycles. The standard InChI is InChI=1S/C19H28O6/c1-5-23-18(20)17-16(24-19(2,3)25-17)7-6-12-22-13-14-8-10-15(21-4)11-9-14/h8-11,16-17H,5-7,12-13H2,1-4H3/t16-,17+/m1/s1. The summed E-state index contributed by atoms with van der Waals surface area (Å²) in [6, 6.07) is 7.78. The number of rotatable bonds is 9. The molecule has 1 aromatic rings. The number of benzene rings is 1. The first kappa shape index (κ1) is 19.7. The minimum absolute atomic E-state index is 0.307. The first-order chi connectivity index (χ1) is 11.9. The average Bonchev–Trinajstić information content (AvgIpc) is 2.90. The van der Waals surface area contributed by atoms with E-state index in [4.69, 9.17) is 23.7 Å². The quantitative estimate of drug-likeness (QED) is 0.503. The van der Waals surface area contributed by atoms with Gasteiger partial charge in [0.15, 0.2) is 11.9 Å². The molecule has 1 aromatic carbocycles. The highest BCUT2D eigenvalue weighted by Gasteiger charge is 2.45. The van der Waals surface area contributed by atoms with Gasteiger partial charge < -0.3 is 23.7 Å². The van der Waals surface area contributed by atoms with E-state index >= 15 is 0 Å². The van der Waals surface area contributed by atoms with E-state index in [1.807, 2.05) is 24.3 Å². The number of esters is 1. The molecule has 2 rings (SSSR count). The van der Waals surface area contributed by atoms with Crippen LogP contribution >= 0.6 is 0 Å². The third-order valence-electron chi connectivity index (χ3n) is 3.91. The molecule has 0 N–H and O–H groups in total. The second-order valence-corrected chi connectivity index (χ2v) is 6.39. The number of methoxy groups -OCH3 is 1. The summed E-state index contributed by atoms with van der Waals surface area (Å²) in [5, 5.41) is 0. The normalized spacial score (nSPS) is 21.9. The number of carbonyl (C=O) groups is 1. The van der Waals surface area contributed by atoms with Crippen LogP contribution in [0.15, 0.2) is 24.3 Å². The van der Waals surface area contributed by atoms with Crippen molar-refractivity contribution in [2.75, 3.05) is 20.3 Å². The van der Waals surface area contributed by atoms with Crippen LogP contribution in [0.5, 0.6) is 5.75 Å². The van der Waals surface area contributed by atoms with Gasteiger partial charge in [-0.05, 0) is 51.3 Å². The molecule has 0 unspecified atom stereocenters. The number of hydrogen-bond acceptors (Lipinski definition) is 6. The SMILES string of the molecule is CCOC(=O)[C@H]1OC(C)(C)O[C@@H]1CCCOCc1ccc(OC)cc1. The van der Waals surface area contributed by atoms with Crippen molar-refractivity contribution in [2.24, 2.45) is 0 Å². The van der Waals surface area contributed by atoms with Gasteiger partial charge in [0.25, 0.3) is 0 Å². The van der Waals surface area contributed by atoms with Crippen LogP contribution < -0.4 is 4.74 Å². The van der Waals surface area contributed by atoms with Gasteiger partial charge in [0, 0.05) is 6.61 Å². The fraction of sp³-hybridized carbons (Fsp3) is 0.632. The summed E-state index contributed by atoms with van der Waals surface area (Å²) in [4.78, 5) is 12.0. The van der Waals surface area contributed by atoms with Gasteiger partial charge in [-0.15, -0.1) is 0 Å². The fourth-order valence-corrected chi connectivity index (χ4v) is 2.77. The average molecular weight is 352 g/mol. The fourth-order valence-electron chi connectivity index (χ4n) is 2.77. The highest BCUT2D eigenvalue weighted by Crippen LogP contribution is 2.31. The van der Waals surface area contributed by atoms with Crippen LogP contribution in [0.3, 0.4) is 0 Å². The molecule has 0 saturated carbocycles. The Kier molecular flexibility index (Phi) is 7.23. The lowest BCUT2D eigenvalue weighted by molar-refractivity contribution is -0.170. The molecular weight excluding hydrogens is 324 g/mol. The van der Waals surface area contributed by atoms with Crippen LogP contribution in [-0.2, 0) is 30.3 Å². The van der Waals surface area contributed by atoms with Gasteiger partial charge in [0.2, 0.25) is 0 Å². The van der Waals surface area contributed by atoms with Crippen molar-refractivity contribution in [1.29, 1.82) is 0 Å². The van der Waals surface area contributed by atoms with Crippen molar-refractivity contribution in [3.63, 3.8) is 0 Å². The number of hydrogen-bond donors (Lipinski definition) is 0. The topological polar surface area (TPSA) is 63.2 Å². The molecule has 1 aliphatic heterocycles. The maximum Gasteiger partial charge on any atom is 0.338 e. The van der Waals surface area contributed by atoms with E-state index in [1.165, 1.54) is 0 Å². The maximum atomic E-state index is 12.0. The highest BCUT2D eigenvalue weighted by atomic mass is 16.8. The Labute approximate surface area is 149 Å². The monoisotopic (exact) mass is 352 g/mol. The smallest absolute Gasteiger partial charge is 0.338 e. The third-order valence-corrected chi connectivity index (χ3v) is 3.91. The Morgan fingerprint density at radius 1 is 1.20 bits per heavy atom. The van der Waals surface area contributed by atoms with E-state index in [-0.39, 0.29) is 12.1 Å². The summed E-state index contributed by atoms with van der Waals surface area (Å²) in [5.41, 5.74) is 1.09. The van der Waals surface area contributed by atoms with Crippen molar-refractivity contribution >= 4 is 5.97 Å². The molecule has 0 aromatic heterocycles. The van der Waals surface area contributed by atoms with E-state index in [0.717, 1.165) is 17.7 Å². The summed E-state index contributed by atoms with van der Waals surface area (Å²) < 4.78 is 27.4. The van der Waals surface area contributed by atoms with Gasteiger partial charge in [-0.3, -0.25) is 0 Å². The van der Waals surface area contributed by atoms with E-state index in [9.17, 15) is 4.79 Å². The summed E-state index contributed by atoms with van der Waals surface area (Å²) in [6.07, 6.45) is 0.473. The van der Waals surface area contributed by atoms with Crippen LogP contribution in [-0.4, -0.2) is 44.3 Å². The van der Waals surface area contributed by atoms with Crippen molar-refractivity contribution in [3.8, 4) is 5.75 Å². The second-order valence-electron chi connectivity index (χ2n) is 6.39. The zero-order valence-corrected chi connectivity index (χ0v) is 15.4. The highest BCUT2D eigenvalue weighted by molar-refractivity contribution is 5.75. The molecule has 0 radical (unpaired) electrons. The Balaban J connectivity index is 1.72. The van der Waals surface area contributed by atoms with E-state index < -0.39 is 11.9 Å². The molecule has 1 heterocycles. The van der Waals surface area contributed by atoms with Gasteiger partial charge in [0.1, 0.15) is 5.75 Å². The molecule has 6 nitrogen and oxygen atoms in total. The van der Waals surface area contributed by atoms with Crippen LogP contribution in [0.1, 0.15) is 39.2 Å². The molecule has 0 spiro atoms. The zero-order chi connectivity index (χ0) is 18.3. The number of carbonyl (C=O) groups excluding carboxylic acids is 1. The minimum Gasteiger partial charge on any atom is -0.497 e. The lowest BCUT2D eigenvalue weighted by atomic mass is 10.1. The van der Waals surface area contributed by atoms with Gasteiger partial charge in [-0.1, -0.05) is 12.1 Å². The second kappa shape index (κ2) is 9.17. The van der Waals surface area contributed by atoms with Gasteiger partial charge in [-0.25, -0.2) is 4.79 Å². The van der Waals surface area contributed by atoms with Crippen LogP contribution in [0.25, 0.3) is 0 Å². The minimum atomic E-state index is -0.772. The predicted octanol–water partition coefficient (Wildman–Crippen LogP) is 3.08. The Morgan fingerprint density at radius 2 is 1.92 bits per heavy atom. The largest absolute Gasteiger partial charge is 0.497 e. The Bertz CT molecular complexity index is 539. The van der Waals surface area contributed by atoms with E-state index in [0.29, 0.717) is 26.2 Å². The molecule has 0 aliphatic carbocycles. The molecule has 2 atom stereocenters. The van der Waals surface area contributed by atoms with Crippen molar-refractivity contribution < 1.29 is 28.5 Å². The van der Waals surface area contributed by atoms with Gasteiger partial charge in [-0.2, -0.15) is 0 Å². The Morgan fingerprint density at radius 3 is 2.56 bits per heavy atom. The molecule has 25 heavy (non-hydrogen) atoms. The number of ether oxygens (including phenoxy) is 5. The van der Waals surface area contributed by atoms with Gasteiger partial charge in [0.05, 0.1) is 26.4 Å². The first-order valence-corrected chi connectivity index (χ1v) is 8.68. The summed E-state index contributed by atoms with van der Waals surface area (Å²) in [6.45, 7) is 6.84. The zero-order valence-electron chi connectivity index (χ0n) is 15.4. The molecule has 0 bridgehead atoms. The van der Waals surface area contributed by atoms with Crippen molar-refractivity contribution in [2.45, 2.75) is 58.2 Å². The van der Waals surface area contributed by atoms with E-state index in [1.54, 1.807) is 27.9 Å². The summed E-state index contributed by atoms with van der Waals surface area (Å²) >= 11 is 0. The molecule has 0 amide bonds. The van der Waals surface area contributed by atoms with Crippen LogP contribution in [0, 0.1) is 0 Å². The van der Waals surface area contributed by atoms with E-state index in [2.05, 4.69) is 0 Å². The molecule has 1 fully saturated rings. The van der Waals surface area contributed by atoms with Crippen molar-refractivity contribution in [1.82, 2.24) is 0 Å².